The van der Waals surface area contributed by atoms with Crippen molar-refractivity contribution in [3.05, 3.63) is 53.1 Å². The van der Waals surface area contributed by atoms with E-state index in [1.165, 1.54) is 10.4 Å². The normalized spacial score (nSPS) is 16.8. The van der Waals surface area contributed by atoms with Crippen molar-refractivity contribution in [1.29, 1.82) is 0 Å². The summed E-state index contributed by atoms with van der Waals surface area (Å²) in [6, 6.07) is 9.00. The first-order valence-corrected chi connectivity index (χ1v) is 10.5. The van der Waals surface area contributed by atoms with Crippen molar-refractivity contribution >= 4 is 21.7 Å². The lowest BCUT2D eigenvalue weighted by Crippen LogP contribution is -2.43. The number of anilines is 1. The highest BCUT2D eigenvalue weighted by Crippen LogP contribution is 2.37. The zero-order valence-electron chi connectivity index (χ0n) is 15.3. The number of hydrogen-bond acceptors (Lipinski definition) is 4. The van der Waals surface area contributed by atoms with Crippen LogP contribution in [-0.2, 0) is 22.9 Å². The van der Waals surface area contributed by atoms with Gasteiger partial charge in [-0.15, -0.1) is 0 Å². The SMILES string of the molecule is CCc1ccc2c(c1)CCC(CC)N2S(=O)(=O)c1ccc(O)c(C(=O)O)c1. The second-order valence-corrected chi connectivity index (χ2v) is 8.52. The van der Waals surface area contributed by atoms with Gasteiger partial charge in [-0.05, 0) is 61.1 Å². The molecule has 27 heavy (non-hydrogen) atoms. The van der Waals surface area contributed by atoms with Gasteiger partial charge in [0.1, 0.15) is 11.3 Å². The summed E-state index contributed by atoms with van der Waals surface area (Å²) >= 11 is 0. The van der Waals surface area contributed by atoms with Gasteiger partial charge < -0.3 is 10.2 Å². The third-order valence-electron chi connectivity index (χ3n) is 5.09. The third-order valence-corrected chi connectivity index (χ3v) is 6.96. The van der Waals surface area contributed by atoms with Crippen molar-refractivity contribution in [2.45, 2.75) is 50.5 Å². The molecule has 144 valence electrons. The Hall–Kier alpha value is -2.54. The molecule has 2 N–H and O–H groups in total. The molecule has 0 amide bonds. The molecule has 0 bridgehead atoms. The van der Waals surface area contributed by atoms with Gasteiger partial charge in [-0.25, -0.2) is 13.2 Å². The average molecular weight is 389 g/mol. The molecule has 6 nitrogen and oxygen atoms in total. The fourth-order valence-electron chi connectivity index (χ4n) is 3.57. The number of aryl methyl sites for hydroxylation is 2. The first kappa shape index (κ1) is 19.2. The van der Waals surface area contributed by atoms with Gasteiger partial charge >= 0.3 is 5.97 Å². The lowest BCUT2D eigenvalue weighted by molar-refractivity contribution is 0.0693. The summed E-state index contributed by atoms with van der Waals surface area (Å²) in [5, 5.41) is 18.9. The fourth-order valence-corrected chi connectivity index (χ4v) is 5.38. The molecule has 0 saturated carbocycles. The highest BCUT2D eigenvalue weighted by molar-refractivity contribution is 7.92. The van der Waals surface area contributed by atoms with E-state index in [1.807, 2.05) is 25.1 Å². The largest absolute Gasteiger partial charge is 0.507 e. The summed E-state index contributed by atoms with van der Waals surface area (Å²) in [6.07, 6.45) is 3.04. The Balaban J connectivity index is 2.15. The van der Waals surface area contributed by atoms with E-state index in [0.29, 0.717) is 18.5 Å². The number of nitrogens with zero attached hydrogens (tertiary/aromatic N) is 1. The molecule has 0 fully saturated rings. The molecular formula is C20H23NO5S. The quantitative estimate of drug-likeness (QED) is 0.815. The summed E-state index contributed by atoms with van der Waals surface area (Å²) in [6.45, 7) is 4.00. The lowest BCUT2D eigenvalue weighted by atomic mass is 9.94. The van der Waals surface area contributed by atoms with Crippen LogP contribution in [0.1, 0.15) is 48.2 Å². The maximum absolute atomic E-state index is 13.4. The molecule has 2 aromatic carbocycles. The molecule has 1 heterocycles. The van der Waals surface area contributed by atoms with E-state index in [2.05, 4.69) is 6.92 Å². The van der Waals surface area contributed by atoms with Crippen LogP contribution in [0.2, 0.25) is 0 Å². The Morgan fingerprint density at radius 2 is 1.93 bits per heavy atom. The zero-order chi connectivity index (χ0) is 19.8. The second-order valence-electron chi connectivity index (χ2n) is 6.70. The van der Waals surface area contributed by atoms with E-state index in [-0.39, 0.29) is 10.9 Å². The number of carboxylic acid groups (broad SMARTS) is 1. The molecule has 0 spiro atoms. The topological polar surface area (TPSA) is 94.9 Å². The molecule has 7 heteroatoms. The smallest absolute Gasteiger partial charge is 0.339 e. The van der Waals surface area contributed by atoms with Gasteiger partial charge in [-0.1, -0.05) is 26.0 Å². The zero-order valence-corrected chi connectivity index (χ0v) is 16.2. The van der Waals surface area contributed by atoms with Gasteiger partial charge in [0.25, 0.3) is 10.0 Å². The van der Waals surface area contributed by atoms with Crippen LogP contribution in [0.5, 0.6) is 5.75 Å². The minimum atomic E-state index is -3.97. The van der Waals surface area contributed by atoms with E-state index >= 15 is 0 Å². The van der Waals surface area contributed by atoms with E-state index in [4.69, 9.17) is 0 Å². The van der Waals surface area contributed by atoms with Gasteiger partial charge in [0.15, 0.2) is 0 Å². The highest BCUT2D eigenvalue weighted by Gasteiger charge is 2.35. The Bertz CT molecular complexity index is 984. The predicted molar refractivity (Wildman–Crippen MR) is 103 cm³/mol. The van der Waals surface area contributed by atoms with Crippen LogP contribution in [0, 0.1) is 0 Å². The Morgan fingerprint density at radius 3 is 2.56 bits per heavy atom. The number of sulfonamides is 1. The van der Waals surface area contributed by atoms with Gasteiger partial charge in [-0.3, -0.25) is 4.31 Å². The van der Waals surface area contributed by atoms with Crippen LogP contribution >= 0.6 is 0 Å². The number of aromatic carboxylic acids is 1. The summed E-state index contributed by atoms with van der Waals surface area (Å²) in [4.78, 5) is 11.2. The van der Waals surface area contributed by atoms with Gasteiger partial charge in [0.2, 0.25) is 0 Å². The maximum atomic E-state index is 13.4. The third kappa shape index (κ3) is 3.39. The Labute approximate surface area is 159 Å². The number of hydrogen-bond donors (Lipinski definition) is 2. The second kappa shape index (κ2) is 7.23. The predicted octanol–water partition coefficient (Wildman–Crippen LogP) is 3.57. The molecule has 0 saturated heterocycles. The minimum Gasteiger partial charge on any atom is -0.507 e. The molecular weight excluding hydrogens is 366 g/mol. The number of rotatable bonds is 5. The van der Waals surface area contributed by atoms with Crippen LogP contribution in [0.3, 0.4) is 0 Å². The molecule has 3 rings (SSSR count). The van der Waals surface area contributed by atoms with Crippen LogP contribution in [0.4, 0.5) is 5.69 Å². The molecule has 0 aliphatic carbocycles. The van der Waals surface area contributed by atoms with Crippen molar-refractivity contribution in [3.63, 3.8) is 0 Å². The summed E-state index contributed by atoms with van der Waals surface area (Å²) in [7, 11) is -3.97. The molecule has 1 atom stereocenters. The van der Waals surface area contributed by atoms with Crippen LogP contribution < -0.4 is 4.31 Å². The van der Waals surface area contributed by atoms with Crippen molar-refractivity contribution < 1.29 is 23.4 Å². The Kier molecular flexibility index (Phi) is 5.15. The molecule has 0 radical (unpaired) electrons. The number of benzene rings is 2. The van der Waals surface area contributed by atoms with Gasteiger partial charge in [0.05, 0.1) is 10.6 Å². The number of fused-ring (bicyclic) bond motifs is 1. The first-order valence-electron chi connectivity index (χ1n) is 9.02. The molecule has 1 aliphatic heterocycles. The fraction of sp³-hybridized carbons (Fsp3) is 0.350. The minimum absolute atomic E-state index is 0.136. The van der Waals surface area contributed by atoms with Gasteiger partial charge in [-0.2, -0.15) is 0 Å². The average Bonchev–Trinajstić information content (AvgIpc) is 2.66. The number of phenols is 1. The van der Waals surface area contributed by atoms with Crippen molar-refractivity contribution in [2.75, 3.05) is 4.31 Å². The highest BCUT2D eigenvalue weighted by atomic mass is 32.2. The maximum Gasteiger partial charge on any atom is 0.339 e. The molecule has 1 aliphatic rings. The van der Waals surface area contributed by atoms with Crippen LogP contribution in [0.15, 0.2) is 41.3 Å². The van der Waals surface area contributed by atoms with E-state index in [9.17, 15) is 23.4 Å². The van der Waals surface area contributed by atoms with Crippen molar-refractivity contribution in [2.24, 2.45) is 0 Å². The van der Waals surface area contributed by atoms with E-state index in [1.54, 1.807) is 0 Å². The lowest BCUT2D eigenvalue weighted by Gasteiger charge is -2.37. The molecule has 2 aromatic rings. The summed E-state index contributed by atoms with van der Waals surface area (Å²) < 4.78 is 28.2. The van der Waals surface area contributed by atoms with Crippen molar-refractivity contribution in [1.82, 2.24) is 0 Å². The number of carboxylic acids is 1. The summed E-state index contributed by atoms with van der Waals surface area (Å²) in [5.74, 6) is -1.83. The van der Waals surface area contributed by atoms with Crippen LogP contribution in [-0.4, -0.2) is 30.6 Å². The monoisotopic (exact) mass is 389 g/mol. The van der Waals surface area contributed by atoms with E-state index in [0.717, 1.165) is 36.1 Å². The number of aromatic hydroxyl groups is 1. The van der Waals surface area contributed by atoms with Crippen LogP contribution in [0.25, 0.3) is 0 Å². The first-order chi connectivity index (χ1) is 12.8. The Morgan fingerprint density at radius 1 is 1.19 bits per heavy atom. The standard InChI is InChI=1S/C20H23NO5S/c1-3-13-5-9-18-14(11-13)6-7-15(4-2)21(18)27(25,26)16-8-10-19(22)17(12-16)20(23)24/h5,8-12,15,22H,3-4,6-7H2,1-2H3,(H,23,24). The summed E-state index contributed by atoms with van der Waals surface area (Å²) in [5.41, 5.74) is 2.36. The van der Waals surface area contributed by atoms with Crippen molar-refractivity contribution in [3.8, 4) is 5.75 Å². The molecule has 0 aromatic heterocycles. The van der Waals surface area contributed by atoms with E-state index < -0.39 is 27.3 Å². The molecule has 1 unspecified atom stereocenters. The number of carbonyl (C=O) groups is 1. The van der Waals surface area contributed by atoms with Gasteiger partial charge in [0, 0.05) is 6.04 Å².